The molecule has 1 aromatic carbocycles. The zero-order chi connectivity index (χ0) is 21.2. The van der Waals surface area contributed by atoms with E-state index in [-0.39, 0.29) is 17.5 Å². The standard InChI is InChI=1S/C18H26FN5O4S/c1-29(26,27)24-9-5-4-8-15(24)12-10-23(11-12)16(28-18(25)22-17(20)21)13-6-2-3-7-14(13)19/h2-3,6-7,12,15-16H,4-5,8-11H2,1H3,(H4,20,21,22,25). The number of carbonyl (C=O) groups excluding carboxylic acids is 1. The smallest absolute Gasteiger partial charge is 0.424 e. The van der Waals surface area contributed by atoms with Gasteiger partial charge in [0.15, 0.2) is 12.2 Å². The van der Waals surface area contributed by atoms with Crippen LogP contribution in [0, 0.1) is 11.7 Å². The second kappa shape index (κ2) is 8.64. The van der Waals surface area contributed by atoms with Gasteiger partial charge >= 0.3 is 6.09 Å². The van der Waals surface area contributed by atoms with Crippen molar-refractivity contribution in [1.29, 1.82) is 0 Å². The van der Waals surface area contributed by atoms with Crippen LogP contribution in [0.1, 0.15) is 31.1 Å². The van der Waals surface area contributed by atoms with Gasteiger partial charge in [-0.15, -0.1) is 4.99 Å². The van der Waals surface area contributed by atoms with Crippen LogP contribution in [0.25, 0.3) is 0 Å². The van der Waals surface area contributed by atoms with Gasteiger partial charge in [0.05, 0.1) is 6.26 Å². The summed E-state index contributed by atoms with van der Waals surface area (Å²) >= 11 is 0. The van der Waals surface area contributed by atoms with E-state index in [0.717, 1.165) is 19.3 Å². The fraction of sp³-hybridized carbons (Fsp3) is 0.556. The predicted octanol–water partition coefficient (Wildman–Crippen LogP) is 0.980. The van der Waals surface area contributed by atoms with Gasteiger partial charge < -0.3 is 16.2 Å². The molecule has 2 fully saturated rings. The number of piperidine rings is 1. The summed E-state index contributed by atoms with van der Waals surface area (Å²) < 4.78 is 45.5. The van der Waals surface area contributed by atoms with Crippen LogP contribution in [0.2, 0.25) is 0 Å². The predicted molar refractivity (Wildman–Crippen MR) is 106 cm³/mol. The molecule has 2 atom stereocenters. The third-order valence-corrected chi connectivity index (χ3v) is 6.65. The number of ether oxygens (including phenoxy) is 1. The lowest BCUT2D eigenvalue weighted by molar-refractivity contribution is -0.0893. The lowest BCUT2D eigenvalue weighted by atomic mass is 9.85. The summed E-state index contributed by atoms with van der Waals surface area (Å²) in [4.78, 5) is 17.1. The highest BCUT2D eigenvalue weighted by atomic mass is 32.2. The highest BCUT2D eigenvalue weighted by Gasteiger charge is 2.44. The summed E-state index contributed by atoms with van der Waals surface area (Å²) in [6.07, 6.45) is 1.79. The van der Waals surface area contributed by atoms with E-state index in [0.29, 0.717) is 19.6 Å². The van der Waals surface area contributed by atoms with Crippen molar-refractivity contribution >= 4 is 22.1 Å². The molecule has 2 unspecified atom stereocenters. The molecule has 0 spiro atoms. The van der Waals surface area contributed by atoms with Crippen LogP contribution in [0.15, 0.2) is 29.3 Å². The lowest BCUT2D eigenvalue weighted by Crippen LogP contribution is -2.59. The Hall–Kier alpha value is -2.24. The number of benzene rings is 1. The van der Waals surface area contributed by atoms with Gasteiger partial charge in [0, 0.05) is 37.2 Å². The Balaban J connectivity index is 1.76. The zero-order valence-electron chi connectivity index (χ0n) is 16.2. The molecule has 29 heavy (non-hydrogen) atoms. The fourth-order valence-electron chi connectivity index (χ4n) is 4.03. The van der Waals surface area contributed by atoms with Crippen molar-refractivity contribution in [3.63, 3.8) is 0 Å². The van der Waals surface area contributed by atoms with Crippen molar-refractivity contribution in [3.05, 3.63) is 35.6 Å². The van der Waals surface area contributed by atoms with Gasteiger partial charge in [-0.05, 0) is 18.9 Å². The quantitative estimate of drug-likeness (QED) is 0.529. The highest BCUT2D eigenvalue weighted by molar-refractivity contribution is 7.88. The summed E-state index contributed by atoms with van der Waals surface area (Å²) in [6.45, 7) is 1.44. The first kappa shape index (κ1) is 21.5. The first-order valence-corrected chi connectivity index (χ1v) is 11.3. The van der Waals surface area contributed by atoms with E-state index in [1.54, 1.807) is 21.3 Å². The Bertz CT molecular complexity index is 884. The zero-order valence-corrected chi connectivity index (χ0v) is 17.0. The Labute approximate surface area is 169 Å². The second-order valence-electron chi connectivity index (χ2n) is 7.45. The Morgan fingerprint density at radius 2 is 1.97 bits per heavy atom. The van der Waals surface area contributed by atoms with Crippen LogP contribution < -0.4 is 11.5 Å². The van der Waals surface area contributed by atoms with E-state index in [1.807, 2.05) is 0 Å². The molecule has 0 saturated carbocycles. The number of amides is 1. The molecule has 0 radical (unpaired) electrons. The number of sulfonamides is 1. The highest BCUT2D eigenvalue weighted by Crippen LogP contribution is 2.37. The largest absolute Gasteiger partial charge is 0.438 e. The summed E-state index contributed by atoms with van der Waals surface area (Å²) in [6, 6.07) is 5.88. The first-order valence-electron chi connectivity index (χ1n) is 9.42. The van der Waals surface area contributed by atoms with Crippen molar-refractivity contribution in [2.75, 3.05) is 25.9 Å². The molecule has 9 nitrogen and oxygen atoms in total. The van der Waals surface area contributed by atoms with Crippen LogP contribution in [-0.2, 0) is 14.8 Å². The number of hydrogen-bond donors (Lipinski definition) is 2. The summed E-state index contributed by atoms with van der Waals surface area (Å²) in [5.74, 6) is -0.898. The van der Waals surface area contributed by atoms with Crippen LogP contribution in [-0.4, -0.2) is 61.6 Å². The van der Waals surface area contributed by atoms with Gasteiger partial charge in [-0.3, -0.25) is 4.90 Å². The molecule has 160 valence electrons. The first-order chi connectivity index (χ1) is 13.7. The van der Waals surface area contributed by atoms with Gasteiger partial charge in [0.1, 0.15) is 5.82 Å². The van der Waals surface area contributed by atoms with Crippen LogP contribution in [0.5, 0.6) is 0 Å². The van der Waals surface area contributed by atoms with Gasteiger partial charge in [0.25, 0.3) is 0 Å². The normalized spacial score (nSPS) is 22.5. The molecular weight excluding hydrogens is 401 g/mol. The number of carbonyl (C=O) groups is 1. The van der Waals surface area contributed by atoms with Crippen molar-refractivity contribution in [3.8, 4) is 0 Å². The molecule has 2 aliphatic rings. The minimum absolute atomic E-state index is 0.0704. The maximum atomic E-state index is 14.4. The minimum atomic E-state index is -3.30. The maximum Gasteiger partial charge on any atom is 0.438 e. The third kappa shape index (κ3) is 5.03. The van der Waals surface area contributed by atoms with E-state index in [4.69, 9.17) is 16.2 Å². The van der Waals surface area contributed by atoms with E-state index >= 15 is 0 Å². The molecule has 3 rings (SSSR count). The number of rotatable bonds is 5. The molecule has 0 aliphatic carbocycles. The topological polar surface area (TPSA) is 131 Å². The average Bonchev–Trinajstić information content (AvgIpc) is 2.59. The molecule has 2 saturated heterocycles. The average molecular weight is 428 g/mol. The number of nitrogens with two attached hydrogens (primary N) is 2. The monoisotopic (exact) mass is 427 g/mol. The molecule has 4 N–H and O–H groups in total. The SMILES string of the molecule is CS(=O)(=O)N1CCCCC1C1CN(C(OC(=O)N=C(N)N)c2ccccc2F)C1. The number of guanidine groups is 1. The summed E-state index contributed by atoms with van der Waals surface area (Å²) in [5, 5.41) is 0. The van der Waals surface area contributed by atoms with Gasteiger partial charge in [-0.2, -0.15) is 4.31 Å². The number of likely N-dealkylation sites (tertiary alicyclic amines) is 1. The molecule has 0 bridgehead atoms. The van der Waals surface area contributed by atoms with Crippen LogP contribution >= 0.6 is 0 Å². The molecular formula is C18H26FN5O4S. The van der Waals surface area contributed by atoms with Crippen molar-refractivity contribution in [2.45, 2.75) is 31.5 Å². The second-order valence-corrected chi connectivity index (χ2v) is 9.38. The molecule has 11 heteroatoms. The molecule has 1 aromatic rings. The lowest BCUT2D eigenvalue weighted by Gasteiger charge is -2.49. The van der Waals surface area contributed by atoms with E-state index < -0.39 is 34.1 Å². The third-order valence-electron chi connectivity index (χ3n) is 5.34. The van der Waals surface area contributed by atoms with Gasteiger partial charge in [-0.1, -0.05) is 24.6 Å². The minimum Gasteiger partial charge on any atom is -0.424 e. The van der Waals surface area contributed by atoms with Crippen molar-refractivity contribution in [2.24, 2.45) is 22.4 Å². The van der Waals surface area contributed by atoms with Crippen molar-refractivity contribution in [1.82, 2.24) is 9.21 Å². The molecule has 1 amide bonds. The molecule has 2 heterocycles. The Morgan fingerprint density at radius 1 is 1.28 bits per heavy atom. The molecule has 0 aromatic heterocycles. The number of halogens is 1. The van der Waals surface area contributed by atoms with Gasteiger partial charge in [0.2, 0.25) is 10.0 Å². The van der Waals surface area contributed by atoms with Crippen molar-refractivity contribution < 1.29 is 22.3 Å². The molecule has 2 aliphatic heterocycles. The van der Waals surface area contributed by atoms with Crippen LogP contribution in [0.4, 0.5) is 9.18 Å². The summed E-state index contributed by atoms with van der Waals surface area (Å²) in [5.41, 5.74) is 10.6. The van der Waals surface area contributed by atoms with E-state index in [1.165, 1.54) is 18.4 Å². The van der Waals surface area contributed by atoms with E-state index in [2.05, 4.69) is 4.99 Å². The number of hydrogen-bond acceptors (Lipinski definition) is 5. The number of nitrogens with zero attached hydrogens (tertiary/aromatic N) is 3. The number of aliphatic imine (C=N–C) groups is 1. The van der Waals surface area contributed by atoms with E-state index in [9.17, 15) is 17.6 Å². The maximum absolute atomic E-state index is 14.4. The Morgan fingerprint density at radius 3 is 2.59 bits per heavy atom. The van der Waals surface area contributed by atoms with Crippen LogP contribution in [0.3, 0.4) is 0 Å². The van der Waals surface area contributed by atoms with Gasteiger partial charge in [-0.25, -0.2) is 17.6 Å². The Kier molecular flexibility index (Phi) is 6.39. The fourth-order valence-corrected chi connectivity index (χ4v) is 5.26. The summed E-state index contributed by atoms with van der Waals surface area (Å²) in [7, 11) is -3.30.